The molecule has 5 rings (SSSR count). The van der Waals surface area contributed by atoms with Crippen molar-refractivity contribution < 1.29 is 48.3 Å². The molecule has 0 radical (unpaired) electrons. The minimum absolute atomic E-state index is 0.0514. The second-order valence-electron chi connectivity index (χ2n) is 22.3. The Hall–Kier alpha value is -8.64. The number of hydrogen-bond donors (Lipinski definition) is 14. The van der Waals surface area contributed by atoms with Crippen molar-refractivity contribution in [2.45, 2.75) is 166 Å². The predicted molar refractivity (Wildman–Crippen MR) is 328 cm³/mol. The van der Waals surface area contributed by atoms with Gasteiger partial charge in [-0.2, -0.15) is 0 Å². The maximum absolute atomic E-state index is 14.9. The highest BCUT2D eigenvalue weighted by atomic mass is 16.3. The number of rotatable bonds is 25. The standard InChI is InChI=1S/C62H88N14O10/c1-38(2)66-30-12-10-19-46(55(63)80)72-59(84)49-28-29-53(78)71-51(34-40-15-6-5-7-16-40)60(85)76-52(35-41-23-26-45(77)27-24-41)61(86)74-47(20-11-13-31-67-39(3)4)57(82)73-48(21-14-32-68-62(64)65)58(83)75-50(56(81)69-37-54(79)70-49)36-42-22-25-43-17-8-9-18-44(43)33-42/h5-9,15-18,22-27,33,38-39,46-52,66-67,77H,10-14,19-21,28-32,34-37H2,1-4H3,(H2,63,80)(H,69,81)(H,70,79)(H,71,78)(H,72,84)(H,73,82)(H,74,86)(H,75,83)(H,76,85)(H4,64,65,68)/t46-,47?,48+,49?,50-,51-,52-/m0/s1. The number of carbonyl (C=O) groups is 9. The fourth-order valence-corrected chi connectivity index (χ4v) is 9.71. The van der Waals surface area contributed by atoms with E-state index in [9.17, 15) is 48.3 Å². The molecule has 0 saturated carbocycles. The molecule has 0 bridgehead atoms. The number of nitrogens with two attached hydrogens (primary N) is 3. The number of benzene rings is 4. The lowest BCUT2D eigenvalue weighted by molar-refractivity contribution is -0.135. The zero-order valence-electron chi connectivity index (χ0n) is 49.8. The van der Waals surface area contributed by atoms with E-state index < -0.39 is 108 Å². The van der Waals surface area contributed by atoms with Crippen LogP contribution >= 0.6 is 0 Å². The quantitative estimate of drug-likeness (QED) is 0.0248. The van der Waals surface area contributed by atoms with E-state index in [0.717, 1.165) is 10.8 Å². The number of hydrogen-bond acceptors (Lipinski definition) is 13. The number of aromatic hydroxyl groups is 1. The molecule has 1 saturated heterocycles. The largest absolute Gasteiger partial charge is 0.508 e. The number of amides is 9. The number of aliphatic imine (C=N–C) groups is 1. The lowest BCUT2D eigenvalue weighted by Gasteiger charge is -2.27. The van der Waals surface area contributed by atoms with Gasteiger partial charge in [0.05, 0.1) is 6.54 Å². The van der Waals surface area contributed by atoms with Crippen LogP contribution in [0.2, 0.25) is 0 Å². The molecule has 86 heavy (non-hydrogen) atoms. The van der Waals surface area contributed by atoms with Gasteiger partial charge in [0, 0.05) is 44.3 Å². The van der Waals surface area contributed by atoms with Crippen molar-refractivity contribution in [2.24, 2.45) is 22.2 Å². The molecular weight excluding hydrogens is 1100 g/mol. The normalized spacial score (nSPS) is 20.1. The van der Waals surface area contributed by atoms with Gasteiger partial charge in [0.2, 0.25) is 53.2 Å². The Morgan fingerprint density at radius 1 is 0.558 bits per heavy atom. The first kappa shape index (κ1) is 68.1. The number of phenols is 1. The van der Waals surface area contributed by atoms with Crippen molar-refractivity contribution in [3.05, 3.63) is 114 Å². The van der Waals surface area contributed by atoms with Crippen LogP contribution in [0.3, 0.4) is 0 Å². The van der Waals surface area contributed by atoms with Crippen molar-refractivity contribution in [3.8, 4) is 5.75 Å². The van der Waals surface area contributed by atoms with E-state index in [0.29, 0.717) is 55.5 Å². The van der Waals surface area contributed by atoms with Gasteiger partial charge in [-0.15, -0.1) is 0 Å². The summed E-state index contributed by atoms with van der Waals surface area (Å²) in [6.07, 6.45) is 1.41. The van der Waals surface area contributed by atoms with E-state index in [1.54, 1.807) is 48.5 Å². The van der Waals surface area contributed by atoms with Crippen molar-refractivity contribution in [3.63, 3.8) is 0 Å². The smallest absolute Gasteiger partial charge is 0.243 e. The summed E-state index contributed by atoms with van der Waals surface area (Å²) in [5.41, 5.74) is 18.8. The van der Waals surface area contributed by atoms with Crippen LogP contribution in [0.4, 0.5) is 0 Å². The highest BCUT2D eigenvalue weighted by Gasteiger charge is 2.34. The summed E-state index contributed by atoms with van der Waals surface area (Å²) < 4.78 is 0. The van der Waals surface area contributed by atoms with E-state index in [2.05, 4.69) is 58.2 Å². The Balaban J connectivity index is 1.58. The number of phenolic OH excluding ortho intramolecular Hbond substituents is 1. The van der Waals surface area contributed by atoms with E-state index >= 15 is 0 Å². The molecule has 1 aliphatic heterocycles. The summed E-state index contributed by atoms with van der Waals surface area (Å²) in [5, 5.41) is 40.4. The number of primary amides is 1. The van der Waals surface area contributed by atoms with Crippen LogP contribution in [0.1, 0.15) is 109 Å². The van der Waals surface area contributed by atoms with E-state index in [-0.39, 0.29) is 81.7 Å². The van der Waals surface area contributed by atoms with Crippen LogP contribution in [-0.4, -0.2) is 145 Å². The van der Waals surface area contributed by atoms with Crippen LogP contribution in [0.15, 0.2) is 102 Å². The van der Waals surface area contributed by atoms with Gasteiger partial charge in [-0.25, -0.2) is 0 Å². The van der Waals surface area contributed by atoms with Gasteiger partial charge in [0.25, 0.3) is 0 Å². The molecule has 1 fully saturated rings. The van der Waals surface area contributed by atoms with E-state index in [4.69, 9.17) is 17.2 Å². The molecule has 0 aliphatic carbocycles. The summed E-state index contributed by atoms with van der Waals surface area (Å²) in [6.45, 7) is 8.55. The summed E-state index contributed by atoms with van der Waals surface area (Å²) in [7, 11) is 0. The molecule has 466 valence electrons. The third-order valence-corrected chi connectivity index (χ3v) is 14.4. The molecule has 0 aromatic heterocycles. The van der Waals surface area contributed by atoms with Gasteiger partial charge in [-0.1, -0.05) is 113 Å². The molecule has 24 heteroatoms. The number of nitrogens with zero attached hydrogens (tertiary/aromatic N) is 1. The Labute approximate surface area is 502 Å². The maximum atomic E-state index is 14.9. The number of unbranched alkanes of at least 4 members (excludes halogenated alkanes) is 2. The first-order valence-corrected chi connectivity index (χ1v) is 29.6. The first-order valence-electron chi connectivity index (χ1n) is 29.6. The number of carbonyl (C=O) groups excluding carboxylic acids is 9. The first-order chi connectivity index (χ1) is 41.1. The van der Waals surface area contributed by atoms with Gasteiger partial charge < -0.3 is 75.5 Å². The Morgan fingerprint density at radius 2 is 1.07 bits per heavy atom. The molecule has 4 aromatic carbocycles. The summed E-state index contributed by atoms with van der Waals surface area (Å²) in [5.74, 6) is -7.48. The van der Waals surface area contributed by atoms with Gasteiger partial charge in [0.1, 0.15) is 48.0 Å². The van der Waals surface area contributed by atoms with E-state index in [1.165, 1.54) is 12.1 Å². The summed E-state index contributed by atoms with van der Waals surface area (Å²) in [6, 6.07) is 18.8. The molecule has 1 heterocycles. The lowest BCUT2D eigenvalue weighted by Crippen LogP contribution is -2.60. The van der Waals surface area contributed by atoms with Gasteiger partial charge in [-0.05, 0) is 110 Å². The highest BCUT2D eigenvalue weighted by molar-refractivity contribution is 5.98. The van der Waals surface area contributed by atoms with Crippen LogP contribution < -0.4 is 70.4 Å². The molecule has 4 aromatic rings. The van der Waals surface area contributed by atoms with Crippen molar-refractivity contribution in [2.75, 3.05) is 26.2 Å². The third kappa shape index (κ3) is 24.5. The lowest BCUT2D eigenvalue weighted by atomic mass is 10.00. The molecule has 9 amide bonds. The average molecular weight is 1190 g/mol. The van der Waals surface area contributed by atoms with Gasteiger partial charge in [0.15, 0.2) is 5.96 Å². The van der Waals surface area contributed by atoms with Gasteiger partial charge in [-0.3, -0.25) is 48.1 Å². The van der Waals surface area contributed by atoms with Crippen LogP contribution in [0.5, 0.6) is 5.75 Å². The predicted octanol–water partition coefficient (Wildman–Crippen LogP) is 0.752. The third-order valence-electron chi connectivity index (χ3n) is 14.4. The topological polar surface area (TPSA) is 385 Å². The Bertz CT molecular complexity index is 2920. The fraction of sp³-hybridized carbons (Fsp3) is 0.484. The van der Waals surface area contributed by atoms with Gasteiger partial charge >= 0.3 is 0 Å². The Kier molecular flexibility index (Phi) is 28.2. The highest BCUT2D eigenvalue weighted by Crippen LogP contribution is 2.18. The molecular formula is C62H88N14O10. The van der Waals surface area contributed by atoms with Crippen molar-refractivity contribution in [1.82, 2.24) is 53.2 Å². The SMILES string of the molecule is CC(C)NCCCCC1NC(=O)[C@H](Cc2ccc(O)cc2)NC(=O)[C@H](Cc2ccccc2)NC(=O)CCC(C(=O)N[C@@H](CCCCNC(C)C)C(N)=O)NC(=O)CNC(=O)[C@H](Cc2ccc3ccccc3c2)NC(=O)[C@@H](CCCN=C(N)N)NC1=O. The zero-order chi connectivity index (χ0) is 62.5. The summed E-state index contributed by atoms with van der Waals surface area (Å²) >= 11 is 0. The molecule has 0 spiro atoms. The summed E-state index contributed by atoms with van der Waals surface area (Å²) in [4.78, 5) is 133. The number of nitrogens with one attached hydrogen (secondary N) is 10. The molecule has 1 aliphatic rings. The fourth-order valence-electron chi connectivity index (χ4n) is 9.71. The monoisotopic (exact) mass is 1190 g/mol. The minimum Gasteiger partial charge on any atom is -0.508 e. The second-order valence-corrected chi connectivity index (χ2v) is 22.3. The molecule has 24 nitrogen and oxygen atoms in total. The van der Waals surface area contributed by atoms with Crippen molar-refractivity contribution in [1.29, 1.82) is 0 Å². The van der Waals surface area contributed by atoms with Crippen LogP contribution in [-0.2, 0) is 62.4 Å². The molecule has 2 unspecified atom stereocenters. The van der Waals surface area contributed by atoms with Crippen molar-refractivity contribution >= 4 is 69.9 Å². The van der Waals surface area contributed by atoms with Crippen LogP contribution in [0.25, 0.3) is 10.8 Å². The Morgan fingerprint density at radius 3 is 1.67 bits per heavy atom. The zero-order valence-corrected chi connectivity index (χ0v) is 49.8. The molecule has 7 atom stereocenters. The van der Waals surface area contributed by atoms with Crippen LogP contribution in [0, 0.1) is 0 Å². The number of guanidine groups is 1. The minimum atomic E-state index is -1.49. The number of fused-ring (bicyclic) bond motifs is 1. The second kappa shape index (κ2) is 35.6. The average Bonchev–Trinajstić information content (AvgIpc) is 3.47. The maximum Gasteiger partial charge on any atom is 0.243 e. The van der Waals surface area contributed by atoms with E-state index in [1.807, 2.05) is 64.1 Å². The molecule has 17 N–H and O–H groups in total.